The Morgan fingerprint density at radius 1 is 1.14 bits per heavy atom. The summed E-state index contributed by atoms with van der Waals surface area (Å²) in [7, 11) is 0.839. The smallest absolute Gasteiger partial charge is 0.466 e. The van der Waals surface area contributed by atoms with Crippen molar-refractivity contribution in [3.8, 4) is 5.69 Å². The number of rotatable bonds is 5. The quantitative estimate of drug-likeness (QED) is 0.580. The lowest BCUT2D eigenvalue weighted by Crippen LogP contribution is -2.41. The molecular weight excluding hydrogens is 355 g/mol. The van der Waals surface area contributed by atoms with E-state index in [2.05, 4.69) is 0 Å². The van der Waals surface area contributed by atoms with Crippen LogP contribution in [0, 0.1) is 13.8 Å². The van der Waals surface area contributed by atoms with Gasteiger partial charge in [0, 0.05) is 11.5 Å². The van der Waals surface area contributed by atoms with Gasteiger partial charge in [-0.3, -0.25) is 4.79 Å². The van der Waals surface area contributed by atoms with Gasteiger partial charge in [-0.1, -0.05) is 18.2 Å². The van der Waals surface area contributed by atoms with Gasteiger partial charge in [0.1, 0.15) is 0 Å². The molecule has 1 unspecified atom stereocenters. The molecule has 28 heavy (non-hydrogen) atoms. The van der Waals surface area contributed by atoms with Gasteiger partial charge >= 0.3 is 13.1 Å². The third-order valence-electron chi connectivity index (χ3n) is 5.93. The summed E-state index contributed by atoms with van der Waals surface area (Å²) in [4.78, 5) is 12.2. The normalized spacial score (nSPS) is 18.9. The molecule has 2 heterocycles. The first kappa shape index (κ1) is 20.6. The van der Waals surface area contributed by atoms with Gasteiger partial charge in [0.2, 0.25) is 0 Å². The molecule has 1 aliphatic rings. The van der Waals surface area contributed by atoms with Crippen LogP contribution in [0.4, 0.5) is 0 Å². The van der Waals surface area contributed by atoms with Crippen LogP contribution in [0.5, 0.6) is 0 Å². The van der Waals surface area contributed by atoms with E-state index in [0.717, 1.165) is 22.6 Å². The first-order chi connectivity index (χ1) is 13.1. The molecule has 3 rings (SSSR count). The lowest BCUT2D eigenvalue weighted by atomic mass is 9.65. The highest BCUT2D eigenvalue weighted by Gasteiger charge is 2.55. The van der Waals surface area contributed by atoms with E-state index in [1.54, 1.807) is 0 Å². The minimum atomic E-state index is -0.560. The third-order valence-corrected chi connectivity index (χ3v) is 5.93. The Labute approximate surface area is 167 Å². The Morgan fingerprint density at radius 3 is 2.25 bits per heavy atom. The van der Waals surface area contributed by atoms with Crippen LogP contribution in [0.15, 0.2) is 30.3 Å². The summed E-state index contributed by atoms with van der Waals surface area (Å²) in [5.41, 5.74) is 2.79. The van der Waals surface area contributed by atoms with Crippen LogP contribution in [0.25, 0.3) is 5.69 Å². The highest BCUT2D eigenvalue weighted by atomic mass is 16.7. The molecule has 0 spiro atoms. The fourth-order valence-electron chi connectivity index (χ4n) is 3.66. The van der Waals surface area contributed by atoms with E-state index in [1.807, 2.05) is 76.6 Å². The van der Waals surface area contributed by atoms with Crippen molar-refractivity contribution in [3.63, 3.8) is 0 Å². The number of aromatic nitrogens is 2. The maximum absolute atomic E-state index is 12.2. The minimum absolute atomic E-state index is 0.162. The van der Waals surface area contributed by atoms with Gasteiger partial charge in [-0.2, -0.15) is 5.10 Å². The average molecular weight is 384 g/mol. The number of hydrogen-bond donors (Lipinski definition) is 0. The topological polar surface area (TPSA) is 62.6 Å². The zero-order valence-electron chi connectivity index (χ0n) is 17.8. The van der Waals surface area contributed by atoms with E-state index < -0.39 is 18.3 Å². The van der Waals surface area contributed by atoms with E-state index in [9.17, 15) is 4.79 Å². The summed E-state index contributed by atoms with van der Waals surface area (Å²) in [5.74, 6) is -0.614. The summed E-state index contributed by atoms with van der Waals surface area (Å²) >= 11 is 0. The predicted molar refractivity (Wildman–Crippen MR) is 108 cm³/mol. The Morgan fingerprint density at radius 2 is 1.71 bits per heavy atom. The predicted octanol–water partition coefficient (Wildman–Crippen LogP) is 3.77. The molecule has 1 fully saturated rings. The molecule has 2 aromatic rings. The molecule has 0 N–H and O–H groups in total. The highest BCUT2D eigenvalue weighted by molar-refractivity contribution is 6.48. The number of para-hydroxylation sites is 1. The van der Waals surface area contributed by atoms with E-state index in [1.165, 1.54) is 7.11 Å². The SMILES string of the molecule is COC(=O)CC(B1OC(C)(C)C(C)(C)O1)c1c(C)nn(-c2ccccc2)c1C. The first-order valence-corrected chi connectivity index (χ1v) is 9.61. The Hall–Kier alpha value is -2.12. The zero-order valence-corrected chi connectivity index (χ0v) is 17.8. The molecule has 1 atom stereocenters. The van der Waals surface area contributed by atoms with Gasteiger partial charge in [-0.15, -0.1) is 0 Å². The highest BCUT2D eigenvalue weighted by Crippen LogP contribution is 2.43. The molecule has 1 saturated heterocycles. The number of methoxy groups -OCH3 is 1. The summed E-state index contributed by atoms with van der Waals surface area (Å²) in [6.07, 6.45) is 0.162. The van der Waals surface area contributed by atoms with Gasteiger partial charge in [0.05, 0.1) is 36.1 Å². The van der Waals surface area contributed by atoms with Crippen molar-refractivity contribution in [1.29, 1.82) is 0 Å². The maximum atomic E-state index is 12.2. The number of hydrogen-bond acceptors (Lipinski definition) is 5. The molecule has 1 aromatic carbocycles. The van der Waals surface area contributed by atoms with Crippen molar-refractivity contribution in [2.24, 2.45) is 0 Å². The lowest BCUT2D eigenvalue weighted by molar-refractivity contribution is -0.140. The van der Waals surface area contributed by atoms with Gasteiger partial charge < -0.3 is 14.0 Å². The number of aryl methyl sites for hydroxylation is 1. The standard InChI is InChI=1S/C21H29BN2O4/c1-14-19(15(2)24(23-14)16-11-9-8-10-12-16)17(13-18(25)26-7)22-27-20(3,4)21(5,6)28-22/h8-12,17H,13H2,1-7H3. The van der Waals surface area contributed by atoms with Crippen molar-refractivity contribution < 1.29 is 18.8 Å². The largest absolute Gasteiger partial charge is 0.469 e. The number of carbonyl (C=O) groups excluding carboxylic acids is 1. The molecule has 6 nitrogen and oxygen atoms in total. The van der Waals surface area contributed by atoms with Crippen LogP contribution >= 0.6 is 0 Å². The maximum Gasteiger partial charge on any atom is 0.466 e. The van der Waals surface area contributed by atoms with Crippen molar-refractivity contribution in [1.82, 2.24) is 9.78 Å². The summed E-state index contributed by atoms with van der Waals surface area (Å²) in [6, 6.07) is 9.94. The van der Waals surface area contributed by atoms with Gasteiger partial charge in [-0.25, -0.2) is 4.68 Å². The number of carbonyl (C=O) groups is 1. The second-order valence-corrected chi connectivity index (χ2v) is 8.34. The van der Waals surface area contributed by atoms with Gasteiger partial charge in [0.15, 0.2) is 0 Å². The van der Waals surface area contributed by atoms with Crippen LogP contribution in [0.3, 0.4) is 0 Å². The Bertz CT molecular complexity index is 845. The third kappa shape index (κ3) is 3.61. The molecule has 7 heteroatoms. The van der Waals surface area contributed by atoms with E-state index in [0.29, 0.717) is 0 Å². The molecule has 0 radical (unpaired) electrons. The molecule has 0 amide bonds. The monoisotopic (exact) mass is 384 g/mol. The zero-order chi connectivity index (χ0) is 20.7. The molecule has 0 bridgehead atoms. The fourth-order valence-corrected chi connectivity index (χ4v) is 3.66. The number of esters is 1. The van der Waals surface area contributed by atoms with Crippen LogP contribution in [-0.2, 0) is 18.8 Å². The van der Waals surface area contributed by atoms with Crippen LogP contribution in [0.1, 0.15) is 56.9 Å². The number of benzene rings is 1. The Kier molecular flexibility index (Phi) is 5.43. The Balaban J connectivity index is 2.05. The van der Waals surface area contributed by atoms with Crippen molar-refractivity contribution in [2.45, 2.75) is 65.0 Å². The molecule has 0 saturated carbocycles. The van der Waals surface area contributed by atoms with Crippen LogP contribution < -0.4 is 0 Å². The molecule has 150 valence electrons. The molecule has 1 aromatic heterocycles. The summed E-state index contributed by atoms with van der Waals surface area (Å²) in [5, 5.41) is 4.73. The summed E-state index contributed by atoms with van der Waals surface area (Å²) < 4.78 is 19.4. The second-order valence-electron chi connectivity index (χ2n) is 8.34. The molecule has 1 aliphatic heterocycles. The van der Waals surface area contributed by atoms with Gasteiger partial charge in [-0.05, 0) is 59.2 Å². The van der Waals surface area contributed by atoms with E-state index in [4.69, 9.17) is 19.1 Å². The van der Waals surface area contributed by atoms with E-state index >= 15 is 0 Å². The lowest BCUT2D eigenvalue weighted by Gasteiger charge is -2.32. The fraction of sp³-hybridized carbons (Fsp3) is 0.524. The summed E-state index contributed by atoms with van der Waals surface area (Å²) in [6.45, 7) is 12.0. The minimum Gasteiger partial charge on any atom is -0.469 e. The van der Waals surface area contributed by atoms with Crippen LogP contribution in [0.2, 0.25) is 0 Å². The number of ether oxygens (including phenoxy) is 1. The molecule has 0 aliphatic carbocycles. The van der Waals surface area contributed by atoms with Gasteiger partial charge in [0.25, 0.3) is 0 Å². The second kappa shape index (κ2) is 7.37. The van der Waals surface area contributed by atoms with Crippen molar-refractivity contribution in [3.05, 3.63) is 47.3 Å². The average Bonchev–Trinajstić information content (AvgIpc) is 3.05. The van der Waals surface area contributed by atoms with Crippen molar-refractivity contribution in [2.75, 3.05) is 7.11 Å². The van der Waals surface area contributed by atoms with Crippen LogP contribution in [-0.4, -0.2) is 41.2 Å². The van der Waals surface area contributed by atoms with Crippen molar-refractivity contribution >= 4 is 13.1 Å². The first-order valence-electron chi connectivity index (χ1n) is 9.61. The number of nitrogens with zero attached hydrogens (tertiary/aromatic N) is 2. The molecular formula is C21H29BN2O4. The van der Waals surface area contributed by atoms with E-state index in [-0.39, 0.29) is 18.2 Å².